The molecular formula is C11H10O2. The van der Waals surface area contributed by atoms with Gasteiger partial charge in [0.2, 0.25) is 0 Å². The molecule has 66 valence electrons. The zero-order valence-corrected chi connectivity index (χ0v) is 7.19. The Morgan fingerprint density at radius 1 is 1.15 bits per heavy atom. The summed E-state index contributed by atoms with van der Waals surface area (Å²) < 4.78 is 4.99. The minimum atomic E-state index is -0.123. The number of carbonyl (C=O) groups is 1. The second kappa shape index (κ2) is 3.44. The molecule has 0 spiro atoms. The minimum Gasteiger partial charge on any atom is -0.431 e. The number of allylic oxidation sites excluding steroid dienone is 1. The van der Waals surface area contributed by atoms with Crippen LogP contribution in [0.2, 0.25) is 0 Å². The SMILES string of the molecule is O=C1CC/C(=C\c2ccccc2)O1. The van der Waals surface area contributed by atoms with Crippen molar-refractivity contribution in [3.63, 3.8) is 0 Å². The van der Waals surface area contributed by atoms with Crippen LogP contribution >= 0.6 is 0 Å². The molecule has 0 amide bonds. The van der Waals surface area contributed by atoms with E-state index in [1.54, 1.807) is 0 Å². The quantitative estimate of drug-likeness (QED) is 0.611. The molecule has 2 nitrogen and oxygen atoms in total. The molecule has 1 heterocycles. The molecular weight excluding hydrogens is 164 g/mol. The van der Waals surface area contributed by atoms with Gasteiger partial charge in [0.25, 0.3) is 0 Å². The molecule has 0 unspecified atom stereocenters. The Bertz CT molecular complexity index is 338. The van der Waals surface area contributed by atoms with Crippen LogP contribution in [0.3, 0.4) is 0 Å². The van der Waals surface area contributed by atoms with E-state index in [0.29, 0.717) is 6.42 Å². The Morgan fingerprint density at radius 3 is 2.54 bits per heavy atom. The average Bonchev–Trinajstić information content (AvgIpc) is 2.53. The number of benzene rings is 1. The third-order valence-corrected chi connectivity index (χ3v) is 1.95. The van der Waals surface area contributed by atoms with Crippen LogP contribution in [-0.4, -0.2) is 5.97 Å². The van der Waals surface area contributed by atoms with E-state index in [1.807, 2.05) is 36.4 Å². The molecule has 0 radical (unpaired) electrons. The number of carbonyl (C=O) groups excluding carboxylic acids is 1. The summed E-state index contributed by atoms with van der Waals surface area (Å²) in [6.07, 6.45) is 3.15. The molecule has 0 bridgehead atoms. The van der Waals surface area contributed by atoms with Crippen molar-refractivity contribution in [2.45, 2.75) is 12.8 Å². The first-order chi connectivity index (χ1) is 6.34. The molecule has 0 aliphatic carbocycles. The number of hydrogen-bond acceptors (Lipinski definition) is 2. The van der Waals surface area contributed by atoms with E-state index >= 15 is 0 Å². The highest BCUT2D eigenvalue weighted by Gasteiger charge is 2.16. The van der Waals surface area contributed by atoms with Gasteiger partial charge in [-0.1, -0.05) is 30.3 Å². The van der Waals surface area contributed by atoms with E-state index in [0.717, 1.165) is 17.7 Å². The van der Waals surface area contributed by atoms with Gasteiger partial charge in [0, 0.05) is 6.42 Å². The average molecular weight is 174 g/mol. The highest BCUT2D eigenvalue weighted by atomic mass is 16.5. The van der Waals surface area contributed by atoms with Gasteiger partial charge in [0.05, 0.1) is 6.42 Å². The third-order valence-electron chi connectivity index (χ3n) is 1.95. The van der Waals surface area contributed by atoms with Gasteiger partial charge in [-0.05, 0) is 11.6 Å². The Labute approximate surface area is 76.8 Å². The zero-order valence-electron chi connectivity index (χ0n) is 7.19. The topological polar surface area (TPSA) is 26.3 Å². The second-order valence-electron chi connectivity index (χ2n) is 3.00. The third kappa shape index (κ3) is 1.96. The lowest BCUT2D eigenvalue weighted by Crippen LogP contribution is -1.88. The molecule has 0 atom stereocenters. The van der Waals surface area contributed by atoms with Gasteiger partial charge in [-0.15, -0.1) is 0 Å². The number of hydrogen-bond donors (Lipinski definition) is 0. The largest absolute Gasteiger partial charge is 0.431 e. The summed E-state index contributed by atoms with van der Waals surface area (Å²) in [5.41, 5.74) is 1.08. The van der Waals surface area contributed by atoms with Crippen molar-refractivity contribution in [1.29, 1.82) is 0 Å². The van der Waals surface area contributed by atoms with E-state index in [-0.39, 0.29) is 5.97 Å². The molecule has 0 aromatic heterocycles. The maximum absolute atomic E-state index is 10.8. The van der Waals surface area contributed by atoms with E-state index in [1.165, 1.54) is 0 Å². The van der Waals surface area contributed by atoms with Crippen LogP contribution in [0.4, 0.5) is 0 Å². The molecule has 1 aliphatic rings. The normalized spacial score (nSPS) is 19.1. The molecule has 1 aliphatic heterocycles. The first-order valence-electron chi connectivity index (χ1n) is 4.31. The minimum absolute atomic E-state index is 0.123. The number of cyclic esters (lactones) is 1. The van der Waals surface area contributed by atoms with Crippen LogP contribution in [0.5, 0.6) is 0 Å². The smallest absolute Gasteiger partial charge is 0.311 e. The molecule has 2 rings (SSSR count). The van der Waals surface area contributed by atoms with Crippen LogP contribution in [0.1, 0.15) is 18.4 Å². The monoisotopic (exact) mass is 174 g/mol. The van der Waals surface area contributed by atoms with E-state index in [2.05, 4.69) is 0 Å². The summed E-state index contributed by atoms with van der Waals surface area (Å²) in [5.74, 6) is 0.651. The Kier molecular flexibility index (Phi) is 2.13. The van der Waals surface area contributed by atoms with Crippen molar-refractivity contribution in [3.8, 4) is 0 Å². The van der Waals surface area contributed by atoms with Gasteiger partial charge in [0.1, 0.15) is 5.76 Å². The van der Waals surface area contributed by atoms with Crippen LogP contribution < -0.4 is 0 Å². The predicted octanol–water partition coefficient (Wildman–Crippen LogP) is 2.36. The lowest BCUT2D eigenvalue weighted by atomic mass is 10.2. The van der Waals surface area contributed by atoms with Crippen LogP contribution in [0.15, 0.2) is 36.1 Å². The van der Waals surface area contributed by atoms with Gasteiger partial charge < -0.3 is 4.74 Å². The first kappa shape index (κ1) is 8.05. The molecule has 0 N–H and O–H groups in total. The van der Waals surface area contributed by atoms with Crippen molar-refractivity contribution in [2.24, 2.45) is 0 Å². The highest BCUT2D eigenvalue weighted by Crippen LogP contribution is 2.20. The highest BCUT2D eigenvalue weighted by molar-refractivity contribution is 5.75. The molecule has 1 aromatic carbocycles. The van der Waals surface area contributed by atoms with Crippen molar-refractivity contribution < 1.29 is 9.53 Å². The van der Waals surface area contributed by atoms with Gasteiger partial charge in [0.15, 0.2) is 0 Å². The molecule has 0 saturated carbocycles. The van der Waals surface area contributed by atoms with Gasteiger partial charge in [-0.2, -0.15) is 0 Å². The summed E-state index contributed by atoms with van der Waals surface area (Å²) in [6, 6.07) is 9.85. The van der Waals surface area contributed by atoms with Crippen LogP contribution in [0, 0.1) is 0 Å². The van der Waals surface area contributed by atoms with Crippen molar-refractivity contribution >= 4 is 12.0 Å². The zero-order chi connectivity index (χ0) is 9.10. The Balaban J connectivity index is 2.17. The maximum atomic E-state index is 10.8. The molecule has 1 aromatic rings. The number of ether oxygens (including phenoxy) is 1. The molecule has 13 heavy (non-hydrogen) atoms. The summed E-state index contributed by atoms with van der Waals surface area (Å²) in [5, 5.41) is 0. The summed E-state index contributed by atoms with van der Waals surface area (Å²) in [6.45, 7) is 0. The van der Waals surface area contributed by atoms with Crippen molar-refractivity contribution in [2.75, 3.05) is 0 Å². The van der Waals surface area contributed by atoms with E-state index in [9.17, 15) is 4.79 Å². The van der Waals surface area contributed by atoms with Gasteiger partial charge in [-0.25, -0.2) is 0 Å². The number of esters is 1. The predicted molar refractivity (Wildman–Crippen MR) is 49.7 cm³/mol. The Morgan fingerprint density at radius 2 is 1.92 bits per heavy atom. The Hall–Kier alpha value is -1.57. The van der Waals surface area contributed by atoms with Crippen LogP contribution in [-0.2, 0) is 9.53 Å². The summed E-state index contributed by atoms with van der Waals surface area (Å²) in [4.78, 5) is 10.8. The van der Waals surface area contributed by atoms with Crippen molar-refractivity contribution in [3.05, 3.63) is 41.7 Å². The standard InChI is InChI=1S/C11H10O2/c12-11-7-6-10(13-11)8-9-4-2-1-3-5-9/h1-5,8H,6-7H2/b10-8+. The lowest BCUT2D eigenvalue weighted by molar-refractivity contribution is -0.135. The second-order valence-corrected chi connectivity index (χ2v) is 3.00. The molecule has 1 fully saturated rings. The van der Waals surface area contributed by atoms with Gasteiger partial charge >= 0.3 is 5.97 Å². The van der Waals surface area contributed by atoms with Crippen molar-refractivity contribution in [1.82, 2.24) is 0 Å². The van der Waals surface area contributed by atoms with Crippen LogP contribution in [0.25, 0.3) is 6.08 Å². The fourth-order valence-corrected chi connectivity index (χ4v) is 1.31. The molecule has 1 saturated heterocycles. The lowest BCUT2D eigenvalue weighted by Gasteiger charge is -1.95. The summed E-state index contributed by atoms with van der Waals surface area (Å²) >= 11 is 0. The van der Waals surface area contributed by atoms with E-state index in [4.69, 9.17) is 4.74 Å². The summed E-state index contributed by atoms with van der Waals surface area (Å²) in [7, 11) is 0. The molecule has 2 heteroatoms. The van der Waals surface area contributed by atoms with E-state index < -0.39 is 0 Å². The fraction of sp³-hybridized carbons (Fsp3) is 0.182. The van der Waals surface area contributed by atoms with Gasteiger partial charge in [-0.3, -0.25) is 4.79 Å². The number of rotatable bonds is 1. The first-order valence-corrected chi connectivity index (χ1v) is 4.31. The fourth-order valence-electron chi connectivity index (χ4n) is 1.31. The maximum Gasteiger partial charge on any atom is 0.311 e.